The number of anilines is 1. The first-order valence-electron chi connectivity index (χ1n) is 8.09. The first-order chi connectivity index (χ1) is 12.2. The van der Waals surface area contributed by atoms with Gasteiger partial charge < -0.3 is 10.1 Å². The fourth-order valence-electron chi connectivity index (χ4n) is 2.26. The highest BCUT2D eigenvalue weighted by atomic mass is 32.2. The molecule has 6 nitrogen and oxygen atoms in total. The van der Waals surface area contributed by atoms with Crippen LogP contribution in [0.3, 0.4) is 0 Å². The predicted molar refractivity (Wildman–Crippen MR) is 97.4 cm³/mol. The molecule has 0 heterocycles. The Balaban J connectivity index is 2.40. The highest BCUT2D eigenvalue weighted by Gasteiger charge is 2.23. The molecule has 0 aliphatic heterocycles. The third-order valence-electron chi connectivity index (χ3n) is 3.31. The Morgan fingerprint density at radius 1 is 1.19 bits per heavy atom. The molecule has 0 aromatic heterocycles. The largest absolute Gasteiger partial charge is 0.492 e. The van der Waals surface area contributed by atoms with Crippen molar-refractivity contribution in [3.63, 3.8) is 0 Å². The number of hydrogen-bond donors (Lipinski definition) is 2. The van der Waals surface area contributed by atoms with Crippen LogP contribution in [0, 0.1) is 5.82 Å². The second kappa shape index (κ2) is 8.29. The summed E-state index contributed by atoms with van der Waals surface area (Å²) >= 11 is 0. The number of hydrogen-bond acceptors (Lipinski definition) is 4. The zero-order valence-electron chi connectivity index (χ0n) is 14.7. The summed E-state index contributed by atoms with van der Waals surface area (Å²) in [4.78, 5) is 12.3. The summed E-state index contributed by atoms with van der Waals surface area (Å²) in [5, 5.41) is 2.43. The molecule has 0 unspecified atom stereocenters. The van der Waals surface area contributed by atoms with E-state index in [0.29, 0.717) is 0 Å². The minimum atomic E-state index is -3.88. The Bertz CT molecular complexity index is 898. The zero-order chi connectivity index (χ0) is 19.3. The second-order valence-corrected chi connectivity index (χ2v) is 7.49. The molecule has 0 bridgehead atoms. The van der Waals surface area contributed by atoms with Gasteiger partial charge in [-0.1, -0.05) is 12.1 Å². The van der Waals surface area contributed by atoms with Crippen LogP contribution in [0.4, 0.5) is 10.1 Å². The molecule has 2 aromatic carbocycles. The number of amides is 1. The van der Waals surface area contributed by atoms with Crippen molar-refractivity contribution in [1.29, 1.82) is 0 Å². The summed E-state index contributed by atoms with van der Waals surface area (Å²) < 4.78 is 46.6. The molecule has 0 saturated heterocycles. The van der Waals surface area contributed by atoms with Gasteiger partial charge in [-0.3, -0.25) is 4.79 Å². The molecule has 140 valence electrons. The number of ether oxygens (including phenoxy) is 1. The van der Waals surface area contributed by atoms with Crippen molar-refractivity contribution >= 4 is 21.6 Å². The molecule has 0 spiro atoms. The van der Waals surface area contributed by atoms with Crippen LogP contribution < -0.4 is 14.8 Å². The summed E-state index contributed by atoms with van der Waals surface area (Å²) in [7, 11) is -3.88. The molecular formula is C18H21FN2O4S. The van der Waals surface area contributed by atoms with Crippen molar-refractivity contribution in [2.24, 2.45) is 0 Å². The summed E-state index contributed by atoms with van der Waals surface area (Å²) in [6, 6.07) is 9.45. The number of nitrogens with one attached hydrogen (secondary N) is 2. The van der Waals surface area contributed by atoms with Crippen LogP contribution in [-0.2, 0) is 10.0 Å². The van der Waals surface area contributed by atoms with Crippen LogP contribution in [0.1, 0.15) is 31.1 Å². The molecule has 0 fully saturated rings. The molecule has 0 radical (unpaired) electrons. The van der Waals surface area contributed by atoms with E-state index in [-0.39, 0.29) is 34.5 Å². The summed E-state index contributed by atoms with van der Waals surface area (Å²) in [6.45, 7) is 5.37. The van der Waals surface area contributed by atoms with Gasteiger partial charge in [0.15, 0.2) is 0 Å². The molecular weight excluding hydrogens is 359 g/mol. The van der Waals surface area contributed by atoms with Crippen LogP contribution in [0.25, 0.3) is 0 Å². The third kappa shape index (κ3) is 4.80. The topological polar surface area (TPSA) is 84.5 Å². The van der Waals surface area contributed by atoms with Gasteiger partial charge >= 0.3 is 0 Å². The lowest BCUT2D eigenvalue weighted by Gasteiger charge is -2.15. The highest BCUT2D eigenvalue weighted by molar-refractivity contribution is 7.89. The molecule has 2 aromatic rings. The molecule has 2 rings (SSSR count). The van der Waals surface area contributed by atoms with Crippen molar-refractivity contribution in [3.05, 3.63) is 53.8 Å². The van der Waals surface area contributed by atoms with Gasteiger partial charge in [-0.05, 0) is 51.1 Å². The molecule has 0 atom stereocenters. The smallest absolute Gasteiger partial charge is 0.255 e. The van der Waals surface area contributed by atoms with Crippen LogP contribution >= 0.6 is 0 Å². The fourth-order valence-corrected chi connectivity index (χ4v) is 3.69. The van der Waals surface area contributed by atoms with Gasteiger partial charge in [0, 0.05) is 11.6 Å². The van der Waals surface area contributed by atoms with Gasteiger partial charge in [-0.2, -0.15) is 0 Å². The molecule has 0 aliphatic rings. The van der Waals surface area contributed by atoms with E-state index in [1.165, 1.54) is 36.4 Å². The van der Waals surface area contributed by atoms with E-state index < -0.39 is 21.7 Å². The van der Waals surface area contributed by atoms with Crippen LogP contribution in [-0.4, -0.2) is 27.0 Å². The molecule has 8 heteroatoms. The van der Waals surface area contributed by atoms with Gasteiger partial charge in [0.2, 0.25) is 10.0 Å². The van der Waals surface area contributed by atoms with Gasteiger partial charge in [-0.25, -0.2) is 17.5 Å². The lowest BCUT2D eigenvalue weighted by atomic mass is 10.2. The number of carbonyl (C=O) groups is 1. The van der Waals surface area contributed by atoms with E-state index in [2.05, 4.69) is 10.0 Å². The van der Waals surface area contributed by atoms with Crippen LogP contribution in [0.15, 0.2) is 47.4 Å². The Labute approximate surface area is 152 Å². The van der Waals surface area contributed by atoms with E-state index in [0.717, 1.165) is 0 Å². The minimum absolute atomic E-state index is 0.0103. The standard InChI is InChI=1S/C18H21FN2O4S/c1-4-25-16-10-9-13(11-17(16)26(23,24)21-12(2)3)18(22)20-15-8-6-5-7-14(15)19/h5-12,21H,4H2,1-3H3,(H,20,22). The third-order valence-corrected chi connectivity index (χ3v) is 4.99. The first-order valence-corrected chi connectivity index (χ1v) is 9.58. The van der Waals surface area contributed by atoms with Crippen molar-refractivity contribution in [2.45, 2.75) is 31.7 Å². The number of rotatable bonds is 7. The molecule has 26 heavy (non-hydrogen) atoms. The molecule has 0 aliphatic carbocycles. The van der Waals surface area contributed by atoms with E-state index in [4.69, 9.17) is 4.74 Å². The van der Waals surface area contributed by atoms with E-state index >= 15 is 0 Å². The minimum Gasteiger partial charge on any atom is -0.492 e. The average Bonchev–Trinajstić information content (AvgIpc) is 2.56. The monoisotopic (exact) mass is 380 g/mol. The first kappa shape index (κ1) is 19.9. The van der Waals surface area contributed by atoms with Crippen molar-refractivity contribution in [1.82, 2.24) is 4.72 Å². The quantitative estimate of drug-likeness (QED) is 0.773. The molecule has 2 N–H and O–H groups in total. The normalized spacial score (nSPS) is 11.4. The Hall–Kier alpha value is -2.45. The number of carbonyl (C=O) groups excluding carboxylic acids is 1. The van der Waals surface area contributed by atoms with Gasteiger partial charge in [0.25, 0.3) is 5.91 Å². The maximum Gasteiger partial charge on any atom is 0.255 e. The van der Waals surface area contributed by atoms with E-state index in [9.17, 15) is 17.6 Å². The summed E-state index contributed by atoms with van der Waals surface area (Å²) in [5.74, 6) is -1.07. The molecule has 0 saturated carbocycles. The maximum atomic E-state index is 13.7. The zero-order valence-corrected chi connectivity index (χ0v) is 15.6. The maximum absolute atomic E-state index is 13.7. The van der Waals surface area contributed by atoms with E-state index in [1.807, 2.05) is 0 Å². The van der Waals surface area contributed by atoms with Gasteiger partial charge in [0.1, 0.15) is 16.5 Å². The van der Waals surface area contributed by atoms with Gasteiger partial charge in [0.05, 0.1) is 12.3 Å². The number of sulfonamides is 1. The van der Waals surface area contributed by atoms with Crippen LogP contribution in [0.2, 0.25) is 0 Å². The van der Waals surface area contributed by atoms with E-state index in [1.54, 1.807) is 26.8 Å². The summed E-state index contributed by atoms with van der Waals surface area (Å²) in [5.41, 5.74) is 0.0805. The fraction of sp³-hybridized carbons (Fsp3) is 0.278. The van der Waals surface area contributed by atoms with Crippen LogP contribution in [0.5, 0.6) is 5.75 Å². The lowest BCUT2D eigenvalue weighted by Crippen LogP contribution is -2.30. The second-order valence-electron chi connectivity index (χ2n) is 5.80. The van der Waals surface area contributed by atoms with Crippen molar-refractivity contribution < 1.29 is 22.3 Å². The Morgan fingerprint density at radius 2 is 1.88 bits per heavy atom. The Morgan fingerprint density at radius 3 is 2.50 bits per heavy atom. The Kier molecular flexibility index (Phi) is 6.33. The average molecular weight is 380 g/mol. The lowest BCUT2D eigenvalue weighted by molar-refractivity contribution is 0.102. The van der Waals surface area contributed by atoms with Crippen molar-refractivity contribution in [3.8, 4) is 5.75 Å². The SMILES string of the molecule is CCOc1ccc(C(=O)Nc2ccccc2F)cc1S(=O)(=O)NC(C)C. The highest BCUT2D eigenvalue weighted by Crippen LogP contribution is 2.26. The summed E-state index contributed by atoms with van der Waals surface area (Å²) in [6.07, 6.45) is 0. The van der Waals surface area contributed by atoms with Gasteiger partial charge in [-0.15, -0.1) is 0 Å². The molecule has 1 amide bonds. The van der Waals surface area contributed by atoms with Crippen molar-refractivity contribution in [2.75, 3.05) is 11.9 Å². The predicted octanol–water partition coefficient (Wildman–Crippen LogP) is 3.16. The number of para-hydroxylation sites is 1. The number of halogens is 1. The number of benzene rings is 2.